The van der Waals surface area contributed by atoms with Crippen molar-refractivity contribution in [3.8, 4) is 5.75 Å². The van der Waals surface area contributed by atoms with Gasteiger partial charge >= 0.3 is 0 Å². The van der Waals surface area contributed by atoms with Crippen molar-refractivity contribution in [2.24, 2.45) is 5.92 Å². The van der Waals surface area contributed by atoms with E-state index in [-0.39, 0.29) is 5.82 Å². The standard InChI is InChI=1S/C25H32FN5O/c1-31(2)24-21-6-4-5-7-23(21)29-25(30-24)28-19-11-8-17(9-12-19)15-27-16-18-10-13-20(32-3)14-22(18)26/h4-7,10,13-14,17,19,27H,8-9,11-12,15-16H2,1-3H3,(H,28,29,30)/t17-,19+. The first kappa shape index (κ1) is 22.3. The van der Waals surface area contributed by atoms with Gasteiger partial charge in [0.25, 0.3) is 0 Å². The number of rotatable bonds is 8. The van der Waals surface area contributed by atoms with E-state index in [0.717, 1.165) is 48.9 Å². The van der Waals surface area contributed by atoms with Crippen LogP contribution < -0.4 is 20.3 Å². The van der Waals surface area contributed by atoms with Crippen molar-refractivity contribution in [2.75, 3.05) is 38.0 Å². The molecule has 7 heteroatoms. The van der Waals surface area contributed by atoms with Crippen molar-refractivity contribution in [3.63, 3.8) is 0 Å². The van der Waals surface area contributed by atoms with Gasteiger partial charge in [-0.15, -0.1) is 0 Å². The van der Waals surface area contributed by atoms with Crippen molar-refractivity contribution in [1.82, 2.24) is 15.3 Å². The van der Waals surface area contributed by atoms with Gasteiger partial charge in [-0.1, -0.05) is 18.2 Å². The summed E-state index contributed by atoms with van der Waals surface area (Å²) in [5.74, 6) is 2.55. The van der Waals surface area contributed by atoms with E-state index in [1.54, 1.807) is 19.2 Å². The molecule has 2 N–H and O–H groups in total. The zero-order valence-electron chi connectivity index (χ0n) is 19.1. The highest BCUT2D eigenvalue weighted by Gasteiger charge is 2.22. The van der Waals surface area contributed by atoms with Crippen LogP contribution in [0, 0.1) is 11.7 Å². The van der Waals surface area contributed by atoms with E-state index in [4.69, 9.17) is 14.7 Å². The van der Waals surface area contributed by atoms with Crippen LogP contribution in [0.5, 0.6) is 5.75 Å². The Labute approximate surface area is 189 Å². The molecular weight excluding hydrogens is 405 g/mol. The lowest BCUT2D eigenvalue weighted by Crippen LogP contribution is -2.31. The summed E-state index contributed by atoms with van der Waals surface area (Å²) in [5, 5.41) is 8.04. The molecule has 0 amide bonds. The van der Waals surface area contributed by atoms with E-state index in [0.29, 0.717) is 35.8 Å². The number of anilines is 2. The number of nitrogens with one attached hydrogen (secondary N) is 2. The van der Waals surface area contributed by atoms with Crippen molar-refractivity contribution in [3.05, 3.63) is 53.8 Å². The number of benzene rings is 2. The summed E-state index contributed by atoms with van der Waals surface area (Å²) in [6.45, 7) is 1.43. The summed E-state index contributed by atoms with van der Waals surface area (Å²) in [5.41, 5.74) is 1.63. The van der Waals surface area contributed by atoms with Gasteiger partial charge in [0.2, 0.25) is 5.95 Å². The fourth-order valence-corrected chi connectivity index (χ4v) is 4.37. The largest absolute Gasteiger partial charge is 0.497 e. The van der Waals surface area contributed by atoms with E-state index < -0.39 is 0 Å². The highest BCUT2D eigenvalue weighted by molar-refractivity contribution is 5.90. The minimum Gasteiger partial charge on any atom is -0.497 e. The summed E-state index contributed by atoms with van der Waals surface area (Å²) in [7, 11) is 5.56. The maximum atomic E-state index is 14.1. The Morgan fingerprint density at radius 3 is 2.56 bits per heavy atom. The summed E-state index contributed by atoms with van der Waals surface area (Å²) in [6.07, 6.45) is 4.42. The number of aromatic nitrogens is 2. The number of fused-ring (bicyclic) bond motifs is 1. The monoisotopic (exact) mass is 437 g/mol. The second kappa shape index (κ2) is 10.1. The molecule has 4 rings (SSSR count). The minimum atomic E-state index is -0.225. The van der Waals surface area contributed by atoms with Crippen LogP contribution in [-0.2, 0) is 6.54 Å². The molecule has 170 valence electrons. The molecule has 0 saturated heterocycles. The lowest BCUT2D eigenvalue weighted by molar-refractivity contribution is 0.323. The van der Waals surface area contributed by atoms with Gasteiger partial charge in [-0.2, -0.15) is 4.98 Å². The molecule has 1 fully saturated rings. The van der Waals surface area contributed by atoms with Crippen molar-refractivity contribution in [2.45, 2.75) is 38.3 Å². The SMILES string of the molecule is COc1ccc(CNC[C@H]2CC[C@@H](Nc3nc(N(C)C)c4ccccc4n3)CC2)c(F)c1. The molecule has 0 unspecified atom stereocenters. The average molecular weight is 438 g/mol. The zero-order chi connectivity index (χ0) is 22.5. The second-order valence-corrected chi connectivity index (χ2v) is 8.73. The molecule has 0 aliphatic heterocycles. The molecule has 1 saturated carbocycles. The summed E-state index contributed by atoms with van der Waals surface area (Å²) in [4.78, 5) is 11.5. The number of nitrogens with zero attached hydrogens (tertiary/aromatic N) is 3. The highest BCUT2D eigenvalue weighted by atomic mass is 19.1. The molecule has 32 heavy (non-hydrogen) atoms. The average Bonchev–Trinajstić information content (AvgIpc) is 2.80. The summed E-state index contributed by atoms with van der Waals surface area (Å²) < 4.78 is 19.2. The Morgan fingerprint density at radius 1 is 1.06 bits per heavy atom. The maximum Gasteiger partial charge on any atom is 0.225 e. The molecule has 1 aliphatic rings. The number of hydrogen-bond donors (Lipinski definition) is 2. The molecule has 0 spiro atoms. The van der Waals surface area contributed by atoms with Gasteiger partial charge in [-0.25, -0.2) is 9.37 Å². The minimum absolute atomic E-state index is 0.225. The predicted molar refractivity (Wildman–Crippen MR) is 128 cm³/mol. The fraction of sp³-hybridized carbons (Fsp3) is 0.440. The van der Waals surface area contributed by atoms with Crippen LogP contribution in [0.25, 0.3) is 10.9 Å². The molecule has 1 aliphatic carbocycles. The van der Waals surface area contributed by atoms with E-state index in [2.05, 4.69) is 16.7 Å². The first-order valence-corrected chi connectivity index (χ1v) is 11.3. The Morgan fingerprint density at radius 2 is 1.84 bits per heavy atom. The topological polar surface area (TPSA) is 62.3 Å². The molecule has 3 aromatic rings. The molecule has 2 aromatic carbocycles. The van der Waals surface area contributed by atoms with Crippen LogP contribution >= 0.6 is 0 Å². The lowest BCUT2D eigenvalue weighted by atomic mass is 9.86. The van der Waals surface area contributed by atoms with E-state index in [9.17, 15) is 4.39 Å². The zero-order valence-corrected chi connectivity index (χ0v) is 19.1. The third kappa shape index (κ3) is 5.27. The van der Waals surface area contributed by atoms with E-state index in [1.165, 1.54) is 6.07 Å². The van der Waals surface area contributed by atoms with E-state index in [1.807, 2.05) is 37.2 Å². The van der Waals surface area contributed by atoms with Gasteiger partial charge in [0, 0.05) is 43.7 Å². The first-order chi connectivity index (χ1) is 15.5. The molecular formula is C25H32FN5O. The normalized spacial score (nSPS) is 18.5. The Kier molecular flexibility index (Phi) is 7.05. The molecule has 1 heterocycles. The van der Waals surface area contributed by atoms with Crippen molar-refractivity contribution < 1.29 is 9.13 Å². The van der Waals surface area contributed by atoms with Gasteiger partial charge in [0.1, 0.15) is 17.4 Å². The Balaban J connectivity index is 1.28. The van der Waals surface area contributed by atoms with Gasteiger partial charge in [-0.05, 0) is 56.3 Å². The number of methoxy groups -OCH3 is 1. The highest BCUT2D eigenvalue weighted by Crippen LogP contribution is 2.28. The van der Waals surface area contributed by atoms with Crippen LogP contribution in [0.15, 0.2) is 42.5 Å². The number of halogens is 1. The maximum absolute atomic E-state index is 14.1. The summed E-state index contributed by atoms with van der Waals surface area (Å²) >= 11 is 0. The molecule has 0 atom stereocenters. The Bertz CT molecular complexity index is 1050. The molecule has 0 radical (unpaired) electrons. The second-order valence-electron chi connectivity index (χ2n) is 8.73. The predicted octanol–water partition coefficient (Wildman–Crippen LogP) is 4.60. The molecule has 0 bridgehead atoms. The van der Waals surface area contributed by atoms with Gasteiger partial charge in [0.05, 0.1) is 12.6 Å². The fourth-order valence-electron chi connectivity index (χ4n) is 4.37. The quantitative estimate of drug-likeness (QED) is 0.537. The number of ether oxygens (including phenoxy) is 1. The smallest absolute Gasteiger partial charge is 0.225 e. The lowest BCUT2D eigenvalue weighted by Gasteiger charge is -2.29. The number of hydrogen-bond acceptors (Lipinski definition) is 6. The van der Waals surface area contributed by atoms with Gasteiger partial charge in [-0.3, -0.25) is 0 Å². The van der Waals surface area contributed by atoms with Gasteiger partial charge in [0.15, 0.2) is 0 Å². The molecule has 1 aromatic heterocycles. The van der Waals surface area contributed by atoms with Crippen LogP contribution in [0.1, 0.15) is 31.2 Å². The van der Waals surface area contributed by atoms with Crippen LogP contribution in [0.3, 0.4) is 0 Å². The summed E-state index contributed by atoms with van der Waals surface area (Å²) in [6, 6.07) is 13.5. The van der Waals surface area contributed by atoms with E-state index >= 15 is 0 Å². The van der Waals surface area contributed by atoms with Crippen molar-refractivity contribution >= 4 is 22.7 Å². The third-order valence-electron chi connectivity index (χ3n) is 6.20. The van der Waals surface area contributed by atoms with Crippen LogP contribution in [0.4, 0.5) is 16.2 Å². The van der Waals surface area contributed by atoms with Crippen molar-refractivity contribution in [1.29, 1.82) is 0 Å². The number of para-hydroxylation sites is 1. The van der Waals surface area contributed by atoms with Crippen LogP contribution in [0.2, 0.25) is 0 Å². The van der Waals surface area contributed by atoms with Crippen LogP contribution in [-0.4, -0.2) is 43.8 Å². The third-order valence-corrected chi connectivity index (χ3v) is 6.20. The van der Waals surface area contributed by atoms with Gasteiger partial charge < -0.3 is 20.3 Å². The molecule has 6 nitrogen and oxygen atoms in total. The Hall–Kier alpha value is -2.93. The first-order valence-electron chi connectivity index (χ1n) is 11.3.